The number of aromatic nitrogens is 1. The molecule has 154 valence electrons. The first-order valence-electron chi connectivity index (χ1n) is 9.95. The Morgan fingerprint density at radius 2 is 1.70 bits per heavy atom. The highest BCUT2D eigenvalue weighted by atomic mass is 16.5. The van der Waals surface area contributed by atoms with E-state index < -0.39 is 5.97 Å². The van der Waals surface area contributed by atoms with Crippen LogP contribution in [0.5, 0.6) is 0 Å². The summed E-state index contributed by atoms with van der Waals surface area (Å²) in [6, 6.07) is 12.2. The van der Waals surface area contributed by atoms with Gasteiger partial charge in [0.1, 0.15) is 6.54 Å². The number of carbonyl (C=O) groups excluding carboxylic acids is 3. The summed E-state index contributed by atoms with van der Waals surface area (Å²) in [6.07, 6.45) is 4.48. The lowest BCUT2D eigenvalue weighted by molar-refractivity contribution is -0.139. The number of aromatic amines is 1. The van der Waals surface area contributed by atoms with Crippen molar-refractivity contribution < 1.29 is 19.1 Å². The van der Waals surface area contributed by atoms with Gasteiger partial charge in [0.15, 0.2) is 0 Å². The minimum atomic E-state index is -0.520. The van der Waals surface area contributed by atoms with Crippen LogP contribution in [-0.4, -0.2) is 36.4 Å². The molecule has 0 spiro atoms. The SMILES string of the molecule is COC(=O)CNC(=O)c1ccc(NC(=O)c2ccc3[nH]c4c(c3c2)CCCC4)cc1. The molecule has 0 unspecified atom stereocenters. The number of esters is 1. The average molecular weight is 405 g/mol. The highest BCUT2D eigenvalue weighted by Gasteiger charge is 2.17. The number of ether oxygens (including phenoxy) is 1. The van der Waals surface area contributed by atoms with Crippen molar-refractivity contribution in [3.63, 3.8) is 0 Å². The molecule has 0 saturated heterocycles. The Morgan fingerprint density at radius 1 is 0.967 bits per heavy atom. The number of nitrogens with one attached hydrogen (secondary N) is 3. The number of H-pyrrole nitrogens is 1. The van der Waals surface area contributed by atoms with Gasteiger partial charge in [-0.1, -0.05) is 0 Å². The Kier molecular flexibility index (Phi) is 5.52. The van der Waals surface area contributed by atoms with Crippen LogP contribution in [0.4, 0.5) is 5.69 Å². The summed E-state index contributed by atoms with van der Waals surface area (Å²) in [5.74, 6) is -1.11. The first-order valence-corrected chi connectivity index (χ1v) is 9.95. The quantitative estimate of drug-likeness (QED) is 0.568. The van der Waals surface area contributed by atoms with Crippen molar-refractivity contribution in [2.75, 3.05) is 19.0 Å². The van der Waals surface area contributed by atoms with Crippen molar-refractivity contribution in [2.24, 2.45) is 0 Å². The summed E-state index contributed by atoms with van der Waals surface area (Å²) < 4.78 is 4.49. The third-order valence-electron chi connectivity index (χ3n) is 5.39. The van der Waals surface area contributed by atoms with Gasteiger partial charge in [0.05, 0.1) is 7.11 Å². The van der Waals surface area contributed by atoms with Crippen LogP contribution in [0.25, 0.3) is 10.9 Å². The van der Waals surface area contributed by atoms with Gasteiger partial charge in [0.2, 0.25) is 0 Å². The molecule has 3 N–H and O–H groups in total. The molecule has 1 aliphatic rings. The highest BCUT2D eigenvalue weighted by molar-refractivity contribution is 6.07. The molecule has 7 heteroatoms. The predicted molar refractivity (Wildman–Crippen MR) is 114 cm³/mol. The van der Waals surface area contributed by atoms with Crippen LogP contribution in [-0.2, 0) is 22.4 Å². The van der Waals surface area contributed by atoms with E-state index >= 15 is 0 Å². The maximum absolute atomic E-state index is 12.7. The van der Waals surface area contributed by atoms with Gasteiger partial charge >= 0.3 is 5.97 Å². The Balaban J connectivity index is 1.45. The Bertz CT molecular complexity index is 1120. The van der Waals surface area contributed by atoms with Crippen LogP contribution in [0.1, 0.15) is 44.8 Å². The number of anilines is 1. The van der Waals surface area contributed by atoms with Gasteiger partial charge in [-0.05, 0) is 73.7 Å². The summed E-state index contributed by atoms with van der Waals surface area (Å²) in [5.41, 5.74) is 5.25. The van der Waals surface area contributed by atoms with Crippen molar-refractivity contribution in [1.82, 2.24) is 10.3 Å². The zero-order chi connectivity index (χ0) is 21.1. The first-order chi connectivity index (χ1) is 14.5. The third-order valence-corrected chi connectivity index (χ3v) is 5.39. The van der Waals surface area contributed by atoms with Crippen molar-refractivity contribution in [3.05, 3.63) is 64.8 Å². The fourth-order valence-corrected chi connectivity index (χ4v) is 3.78. The second-order valence-corrected chi connectivity index (χ2v) is 7.34. The maximum Gasteiger partial charge on any atom is 0.325 e. The van der Waals surface area contributed by atoms with E-state index in [-0.39, 0.29) is 18.4 Å². The summed E-state index contributed by atoms with van der Waals surface area (Å²) in [4.78, 5) is 39.3. The van der Waals surface area contributed by atoms with Crippen LogP contribution in [0.15, 0.2) is 42.5 Å². The maximum atomic E-state index is 12.7. The highest BCUT2D eigenvalue weighted by Crippen LogP contribution is 2.29. The van der Waals surface area contributed by atoms with Gasteiger partial charge < -0.3 is 20.4 Å². The lowest BCUT2D eigenvalue weighted by atomic mass is 9.95. The van der Waals surface area contributed by atoms with Crippen molar-refractivity contribution >= 4 is 34.4 Å². The minimum Gasteiger partial charge on any atom is -0.468 e. The summed E-state index contributed by atoms with van der Waals surface area (Å²) >= 11 is 0. The van der Waals surface area contributed by atoms with Crippen LogP contribution in [0.3, 0.4) is 0 Å². The largest absolute Gasteiger partial charge is 0.468 e. The molecule has 0 fully saturated rings. The molecular weight excluding hydrogens is 382 g/mol. The fraction of sp³-hybridized carbons (Fsp3) is 0.261. The zero-order valence-corrected chi connectivity index (χ0v) is 16.7. The van der Waals surface area contributed by atoms with Crippen LogP contribution >= 0.6 is 0 Å². The molecule has 0 bridgehead atoms. The number of hydrogen-bond donors (Lipinski definition) is 3. The number of carbonyl (C=O) groups is 3. The normalized spacial score (nSPS) is 12.8. The summed E-state index contributed by atoms with van der Waals surface area (Å²) in [6.45, 7) is -0.195. The Labute approximate surface area is 173 Å². The smallest absolute Gasteiger partial charge is 0.325 e. The van der Waals surface area contributed by atoms with Gasteiger partial charge in [0, 0.05) is 33.4 Å². The van der Waals surface area contributed by atoms with Gasteiger partial charge in [-0.2, -0.15) is 0 Å². The van der Waals surface area contributed by atoms with Gasteiger partial charge in [-0.25, -0.2) is 0 Å². The van der Waals surface area contributed by atoms with Crippen molar-refractivity contribution in [3.8, 4) is 0 Å². The minimum absolute atomic E-state index is 0.195. The molecule has 2 amide bonds. The fourth-order valence-electron chi connectivity index (χ4n) is 3.78. The molecule has 3 aromatic rings. The topological polar surface area (TPSA) is 100 Å². The van der Waals surface area contributed by atoms with E-state index in [9.17, 15) is 14.4 Å². The second-order valence-electron chi connectivity index (χ2n) is 7.34. The van der Waals surface area contributed by atoms with Crippen LogP contribution < -0.4 is 10.6 Å². The number of rotatable bonds is 5. The number of fused-ring (bicyclic) bond motifs is 3. The van der Waals surface area contributed by atoms with Crippen LogP contribution in [0, 0.1) is 0 Å². The molecule has 30 heavy (non-hydrogen) atoms. The van der Waals surface area contributed by atoms with Gasteiger partial charge in [-0.3, -0.25) is 14.4 Å². The van der Waals surface area contributed by atoms with Crippen molar-refractivity contribution in [1.29, 1.82) is 0 Å². The molecule has 7 nitrogen and oxygen atoms in total. The number of aryl methyl sites for hydroxylation is 2. The van der Waals surface area contributed by atoms with E-state index in [1.54, 1.807) is 24.3 Å². The number of amides is 2. The lowest BCUT2D eigenvalue weighted by Gasteiger charge is -2.11. The van der Waals surface area contributed by atoms with E-state index in [1.807, 2.05) is 18.2 Å². The molecule has 1 heterocycles. The van der Waals surface area contributed by atoms with E-state index in [0.29, 0.717) is 16.8 Å². The molecule has 1 aromatic heterocycles. The molecule has 4 rings (SSSR count). The Morgan fingerprint density at radius 3 is 2.47 bits per heavy atom. The zero-order valence-electron chi connectivity index (χ0n) is 16.7. The Hall–Kier alpha value is -3.61. The van der Waals surface area contributed by atoms with E-state index in [4.69, 9.17) is 0 Å². The van der Waals surface area contributed by atoms with E-state index in [0.717, 1.165) is 23.7 Å². The number of methoxy groups -OCH3 is 1. The molecule has 0 atom stereocenters. The summed E-state index contributed by atoms with van der Waals surface area (Å²) in [7, 11) is 1.26. The van der Waals surface area contributed by atoms with Crippen LogP contribution in [0.2, 0.25) is 0 Å². The third kappa shape index (κ3) is 4.05. The van der Waals surface area contributed by atoms with E-state index in [2.05, 4.69) is 20.4 Å². The predicted octanol–water partition coefficient (Wildman–Crippen LogP) is 3.20. The average Bonchev–Trinajstić information content (AvgIpc) is 3.15. The molecular formula is C23H23N3O4. The molecule has 0 radical (unpaired) electrons. The number of benzene rings is 2. The molecule has 0 saturated carbocycles. The lowest BCUT2D eigenvalue weighted by Crippen LogP contribution is -2.30. The molecule has 2 aromatic carbocycles. The molecule has 1 aliphatic carbocycles. The van der Waals surface area contributed by atoms with E-state index in [1.165, 1.54) is 31.2 Å². The van der Waals surface area contributed by atoms with Gasteiger partial charge in [-0.15, -0.1) is 0 Å². The molecule has 0 aliphatic heterocycles. The standard InChI is InChI=1S/C23H23N3O4/c1-30-21(27)13-24-22(28)14-6-9-16(10-7-14)25-23(29)15-8-11-20-18(12-15)17-4-2-3-5-19(17)26-20/h6-12,26H,2-5,13H2,1H3,(H,24,28)(H,25,29). The monoisotopic (exact) mass is 405 g/mol. The first kappa shape index (κ1) is 19.7. The van der Waals surface area contributed by atoms with Gasteiger partial charge in [0.25, 0.3) is 11.8 Å². The number of hydrogen-bond acceptors (Lipinski definition) is 4. The summed E-state index contributed by atoms with van der Waals surface area (Å²) in [5, 5.41) is 6.46. The van der Waals surface area contributed by atoms with Crippen molar-refractivity contribution in [2.45, 2.75) is 25.7 Å². The second kappa shape index (κ2) is 8.41.